The van der Waals surface area contributed by atoms with Gasteiger partial charge in [-0.15, -0.1) is 0 Å². The van der Waals surface area contributed by atoms with Crippen molar-refractivity contribution in [2.75, 3.05) is 7.05 Å². The zero-order valence-electron chi connectivity index (χ0n) is 7.85. The van der Waals surface area contributed by atoms with Crippen LogP contribution >= 0.6 is 11.6 Å². The van der Waals surface area contributed by atoms with Crippen molar-refractivity contribution in [1.82, 2.24) is 14.9 Å². The first-order valence-electron chi connectivity index (χ1n) is 3.96. The van der Waals surface area contributed by atoms with E-state index in [1.165, 1.54) is 0 Å². The van der Waals surface area contributed by atoms with Crippen molar-refractivity contribution in [2.24, 2.45) is 0 Å². The fourth-order valence-electron chi connectivity index (χ4n) is 1.32. The highest BCUT2D eigenvalue weighted by atomic mass is 35.5. The van der Waals surface area contributed by atoms with E-state index in [2.05, 4.69) is 21.8 Å². The van der Waals surface area contributed by atoms with Crippen molar-refractivity contribution in [2.45, 2.75) is 26.9 Å². The van der Waals surface area contributed by atoms with Gasteiger partial charge in [0.25, 0.3) is 0 Å². The second-order valence-corrected chi connectivity index (χ2v) is 3.23. The van der Waals surface area contributed by atoms with Crippen molar-refractivity contribution < 1.29 is 0 Å². The lowest BCUT2D eigenvalue weighted by atomic mass is 10.4. The molecule has 1 N–H and O–H groups in total. The standard InChI is InChI=1S/C8H14ClN3/c1-5-8(9)11-7(3)12(5)6(2)10-4/h6,10H,1-4H3. The van der Waals surface area contributed by atoms with Gasteiger partial charge < -0.3 is 9.88 Å². The predicted octanol–water partition coefficient (Wildman–Crippen LogP) is 1.89. The molecule has 0 aliphatic carbocycles. The van der Waals surface area contributed by atoms with E-state index in [-0.39, 0.29) is 6.17 Å². The zero-order chi connectivity index (χ0) is 9.30. The van der Waals surface area contributed by atoms with Gasteiger partial charge in [0.15, 0.2) is 0 Å². The average Bonchev–Trinajstić information content (AvgIpc) is 2.26. The lowest BCUT2D eigenvalue weighted by molar-refractivity contribution is 0.459. The Morgan fingerprint density at radius 1 is 1.50 bits per heavy atom. The Kier molecular flexibility index (Phi) is 2.75. The average molecular weight is 188 g/mol. The van der Waals surface area contributed by atoms with Crippen LogP contribution in [0.15, 0.2) is 0 Å². The minimum Gasteiger partial charge on any atom is -0.315 e. The van der Waals surface area contributed by atoms with Crippen molar-refractivity contribution in [3.05, 3.63) is 16.7 Å². The molecule has 0 aliphatic rings. The highest BCUT2D eigenvalue weighted by Gasteiger charge is 2.12. The summed E-state index contributed by atoms with van der Waals surface area (Å²) < 4.78 is 2.07. The molecular weight excluding hydrogens is 174 g/mol. The monoisotopic (exact) mass is 187 g/mol. The molecule has 0 fully saturated rings. The molecule has 0 radical (unpaired) electrons. The van der Waals surface area contributed by atoms with E-state index in [1.54, 1.807) is 0 Å². The van der Waals surface area contributed by atoms with Crippen LogP contribution in [0, 0.1) is 13.8 Å². The third-order valence-electron chi connectivity index (χ3n) is 2.07. The second-order valence-electron chi connectivity index (χ2n) is 2.87. The SMILES string of the molecule is CNC(C)n1c(C)nc(Cl)c1C. The number of nitrogens with one attached hydrogen (secondary N) is 1. The van der Waals surface area contributed by atoms with Crippen molar-refractivity contribution >= 4 is 11.6 Å². The zero-order valence-corrected chi connectivity index (χ0v) is 8.61. The molecule has 1 rings (SSSR count). The molecule has 0 saturated carbocycles. The topological polar surface area (TPSA) is 29.9 Å². The van der Waals surface area contributed by atoms with Gasteiger partial charge in [-0.25, -0.2) is 4.98 Å². The van der Waals surface area contributed by atoms with E-state index in [0.717, 1.165) is 11.5 Å². The van der Waals surface area contributed by atoms with Gasteiger partial charge in [0.2, 0.25) is 0 Å². The smallest absolute Gasteiger partial charge is 0.150 e. The number of rotatable bonds is 2. The molecule has 1 aromatic rings. The maximum Gasteiger partial charge on any atom is 0.150 e. The summed E-state index contributed by atoms with van der Waals surface area (Å²) in [6.45, 7) is 5.99. The summed E-state index contributed by atoms with van der Waals surface area (Å²) in [7, 11) is 1.91. The van der Waals surface area contributed by atoms with Crippen LogP contribution in [0.4, 0.5) is 0 Å². The van der Waals surface area contributed by atoms with Crippen LogP contribution in [0.1, 0.15) is 24.6 Å². The Bertz CT molecular complexity index is 280. The molecule has 1 aromatic heterocycles. The van der Waals surface area contributed by atoms with Gasteiger partial charge in [-0.2, -0.15) is 0 Å². The lowest BCUT2D eigenvalue weighted by Crippen LogP contribution is -2.21. The fraction of sp³-hybridized carbons (Fsp3) is 0.625. The van der Waals surface area contributed by atoms with Crippen LogP contribution in [0.2, 0.25) is 5.15 Å². The van der Waals surface area contributed by atoms with E-state index in [4.69, 9.17) is 11.6 Å². The Morgan fingerprint density at radius 2 is 2.08 bits per heavy atom. The minimum absolute atomic E-state index is 0.241. The third kappa shape index (κ3) is 1.47. The molecule has 1 heterocycles. The number of hydrogen-bond donors (Lipinski definition) is 1. The summed E-state index contributed by atoms with van der Waals surface area (Å²) in [6.07, 6.45) is 0.241. The highest BCUT2D eigenvalue weighted by Crippen LogP contribution is 2.18. The molecule has 0 spiro atoms. The van der Waals surface area contributed by atoms with Crippen LogP contribution in [-0.2, 0) is 0 Å². The molecule has 0 bridgehead atoms. The minimum atomic E-state index is 0.241. The third-order valence-corrected chi connectivity index (χ3v) is 2.43. The molecule has 3 nitrogen and oxygen atoms in total. The molecule has 1 atom stereocenters. The molecule has 0 saturated heterocycles. The van der Waals surface area contributed by atoms with Gasteiger partial charge in [0, 0.05) is 0 Å². The Morgan fingerprint density at radius 3 is 2.42 bits per heavy atom. The highest BCUT2D eigenvalue weighted by molar-refractivity contribution is 6.30. The van der Waals surface area contributed by atoms with Crippen molar-refractivity contribution in [3.63, 3.8) is 0 Å². The first-order chi connectivity index (χ1) is 5.57. The summed E-state index contributed by atoms with van der Waals surface area (Å²) in [5.74, 6) is 0.944. The Hall–Kier alpha value is -0.540. The Labute approximate surface area is 77.7 Å². The summed E-state index contributed by atoms with van der Waals surface area (Å²) in [6, 6.07) is 0. The van der Waals surface area contributed by atoms with Gasteiger partial charge in [-0.3, -0.25) is 0 Å². The number of halogens is 1. The van der Waals surface area contributed by atoms with Gasteiger partial charge in [-0.05, 0) is 27.8 Å². The Balaban J connectivity index is 3.13. The maximum atomic E-state index is 5.88. The fourth-order valence-corrected chi connectivity index (χ4v) is 1.53. The normalized spacial score (nSPS) is 13.4. The van der Waals surface area contributed by atoms with E-state index in [9.17, 15) is 0 Å². The quantitative estimate of drug-likeness (QED) is 0.767. The number of aryl methyl sites for hydroxylation is 1. The van der Waals surface area contributed by atoms with E-state index < -0.39 is 0 Å². The first kappa shape index (κ1) is 9.55. The molecule has 68 valence electrons. The molecule has 0 aromatic carbocycles. The number of nitrogens with zero attached hydrogens (tertiary/aromatic N) is 2. The molecule has 4 heteroatoms. The molecule has 12 heavy (non-hydrogen) atoms. The van der Waals surface area contributed by atoms with Gasteiger partial charge in [-0.1, -0.05) is 11.6 Å². The summed E-state index contributed by atoms with van der Waals surface area (Å²) >= 11 is 5.88. The molecular formula is C8H14ClN3. The van der Waals surface area contributed by atoms with E-state index >= 15 is 0 Å². The number of hydrogen-bond acceptors (Lipinski definition) is 2. The maximum absolute atomic E-state index is 5.88. The van der Waals surface area contributed by atoms with Crippen molar-refractivity contribution in [1.29, 1.82) is 0 Å². The van der Waals surface area contributed by atoms with Gasteiger partial charge in [0.05, 0.1) is 11.9 Å². The largest absolute Gasteiger partial charge is 0.315 e. The summed E-state index contributed by atoms with van der Waals surface area (Å²) in [5, 5.41) is 3.73. The van der Waals surface area contributed by atoms with Crippen LogP contribution in [0.5, 0.6) is 0 Å². The van der Waals surface area contributed by atoms with E-state index in [1.807, 2.05) is 20.9 Å². The number of aromatic nitrogens is 2. The second kappa shape index (κ2) is 3.46. The lowest BCUT2D eigenvalue weighted by Gasteiger charge is -2.15. The first-order valence-corrected chi connectivity index (χ1v) is 4.34. The van der Waals surface area contributed by atoms with Crippen LogP contribution in [-0.4, -0.2) is 16.6 Å². The molecule has 0 amide bonds. The predicted molar refractivity (Wildman–Crippen MR) is 50.5 cm³/mol. The van der Waals surface area contributed by atoms with Gasteiger partial charge >= 0.3 is 0 Å². The van der Waals surface area contributed by atoms with Crippen LogP contribution in [0.3, 0.4) is 0 Å². The summed E-state index contributed by atoms with van der Waals surface area (Å²) in [4.78, 5) is 4.17. The molecule has 0 aliphatic heterocycles. The number of imidazole rings is 1. The molecule has 1 unspecified atom stereocenters. The van der Waals surface area contributed by atoms with E-state index in [0.29, 0.717) is 5.15 Å². The van der Waals surface area contributed by atoms with Gasteiger partial charge in [0.1, 0.15) is 11.0 Å². The van der Waals surface area contributed by atoms with Crippen LogP contribution < -0.4 is 5.32 Å². The van der Waals surface area contributed by atoms with Crippen LogP contribution in [0.25, 0.3) is 0 Å². The van der Waals surface area contributed by atoms with Crippen molar-refractivity contribution in [3.8, 4) is 0 Å². The summed E-state index contributed by atoms with van der Waals surface area (Å²) in [5.41, 5.74) is 1.01.